The van der Waals surface area contributed by atoms with Crippen LogP contribution in [0.25, 0.3) is 10.2 Å². The van der Waals surface area contributed by atoms with Gasteiger partial charge in [0, 0.05) is 31.8 Å². The third-order valence-corrected chi connectivity index (χ3v) is 7.03. The molecule has 1 saturated heterocycles. The van der Waals surface area contributed by atoms with Crippen LogP contribution in [-0.2, 0) is 16.1 Å². The first-order valence-electron chi connectivity index (χ1n) is 9.99. The van der Waals surface area contributed by atoms with Gasteiger partial charge in [-0.3, -0.25) is 19.7 Å². The largest absolute Gasteiger partial charge is 0.341 e. The monoisotopic (exact) mass is 450 g/mol. The number of non-ortho nitro benzene ring substituents is 1. The van der Waals surface area contributed by atoms with Crippen molar-refractivity contribution >= 4 is 50.8 Å². The maximum atomic E-state index is 12.4. The van der Waals surface area contributed by atoms with Gasteiger partial charge in [-0.25, -0.2) is 0 Å². The maximum Gasteiger partial charge on any atom is 0.270 e. The van der Waals surface area contributed by atoms with Crippen molar-refractivity contribution in [1.29, 1.82) is 0 Å². The van der Waals surface area contributed by atoms with E-state index in [0.717, 1.165) is 25.0 Å². The number of thiazole rings is 1. The number of fused-ring (bicyclic) bond motifs is 1. The second-order valence-corrected chi connectivity index (χ2v) is 9.78. The number of nitro benzene ring substituents is 1. The Morgan fingerprint density at radius 3 is 2.60 bits per heavy atom. The molecule has 2 aromatic rings. The van der Waals surface area contributed by atoms with Gasteiger partial charge >= 0.3 is 0 Å². The van der Waals surface area contributed by atoms with Gasteiger partial charge in [0.25, 0.3) is 11.6 Å². The lowest BCUT2D eigenvalue weighted by molar-refractivity contribution is -0.384. The molecule has 2 atom stereocenters. The highest BCUT2D eigenvalue weighted by Gasteiger charge is 2.25. The number of benzene rings is 1. The van der Waals surface area contributed by atoms with Crippen molar-refractivity contribution in [2.45, 2.75) is 33.7 Å². The van der Waals surface area contributed by atoms with Gasteiger partial charge in [0.15, 0.2) is 4.80 Å². The molecule has 30 heavy (non-hydrogen) atoms. The normalized spacial score (nSPS) is 20.0. The molecule has 0 aliphatic carbocycles. The molecule has 1 fully saturated rings. The molecule has 0 N–H and O–H groups in total. The highest BCUT2D eigenvalue weighted by atomic mass is 32.2. The smallest absolute Gasteiger partial charge is 0.270 e. The van der Waals surface area contributed by atoms with E-state index in [1.54, 1.807) is 6.07 Å². The molecule has 0 spiro atoms. The van der Waals surface area contributed by atoms with E-state index in [2.05, 4.69) is 18.8 Å². The third kappa shape index (κ3) is 5.28. The Bertz CT molecular complexity index is 1020. The molecule has 0 bridgehead atoms. The van der Waals surface area contributed by atoms with Crippen molar-refractivity contribution < 1.29 is 14.5 Å². The fourth-order valence-electron chi connectivity index (χ4n) is 3.89. The van der Waals surface area contributed by atoms with Crippen LogP contribution >= 0.6 is 23.1 Å². The summed E-state index contributed by atoms with van der Waals surface area (Å²) in [6.45, 7) is 8.42. The zero-order chi connectivity index (χ0) is 21.8. The molecule has 1 aromatic carbocycles. The number of rotatable bonds is 6. The van der Waals surface area contributed by atoms with Crippen molar-refractivity contribution in [3.05, 3.63) is 33.1 Å². The van der Waals surface area contributed by atoms with Gasteiger partial charge in [-0.15, -0.1) is 11.8 Å². The summed E-state index contributed by atoms with van der Waals surface area (Å²) in [6.07, 6.45) is 1.14. The predicted molar refractivity (Wildman–Crippen MR) is 120 cm³/mol. The lowest BCUT2D eigenvalue weighted by Crippen LogP contribution is -2.43. The Morgan fingerprint density at radius 2 is 1.97 bits per heavy atom. The molecule has 1 aliphatic rings. The van der Waals surface area contributed by atoms with E-state index in [-0.39, 0.29) is 29.0 Å². The van der Waals surface area contributed by atoms with Crippen molar-refractivity contribution in [2.24, 2.45) is 16.8 Å². The fraction of sp³-hybridized carbons (Fsp3) is 0.550. The van der Waals surface area contributed by atoms with Gasteiger partial charge in [0.2, 0.25) is 5.91 Å². The van der Waals surface area contributed by atoms with Crippen LogP contribution in [0.3, 0.4) is 0 Å². The Balaban J connectivity index is 1.65. The first kappa shape index (κ1) is 22.5. The zero-order valence-corrected chi connectivity index (χ0v) is 19.0. The minimum absolute atomic E-state index is 0.0142. The minimum atomic E-state index is -0.436. The van der Waals surface area contributed by atoms with Crippen LogP contribution in [0, 0.1) is 22.0 Å². The first-order chi connectivity index (χ1) is 14.3. The average Bonchev–Trinajstić information content (AvgIpc) is 3.02. The predicted octanol–water partition coefficient (Wildman–Crippen LogP) is 3.30. The number of carbonyl (C=O) groups excluding carboxylic acids is 2. The SMILES string of the molecule is CCn1c(=NC(=O)CSCC(=O)N2CC(C)CC(C)C2)sc2cc([N+](=O)[O-])ccc21. The summed E-state index contributed by atoms with van der Waals surface area (Å²) >= 11 is 2.54. The summed E-state index contributed by atoms with van der Waals surface area (Å²) in [5.74, 6) is 1.18. The van der Waals surface area contributed by atoms with Gasteiger partial charge in [-0.2, -0.15) is 4.99 Å². The highest BCUT2D eigenvalue weighted by Crippen LogP contribution is 2.24. The number of nitro groups is 1. The molecular formula is C20H26N4O4S2. The van der Waals surface area contributed by atoms with Gasteiger partial charge in [0.1, 0.15) is 0 Å². The number of nitrogens with zero attached hydrogens (tertiary/aromatic N) is 4. The van der Waals surface area contributed by atoms with Gasteiger partial charge in [-0.05, 0) is 31.2 Å². The average molecular weight is 451 g/mol. The number of aromatic nitrogens is 1. The number of likely N-dealkylation sites (tertiary alicyclic amines) is 1. The molecule has 2 unspecified atom stereocenters. The van der Waals surface area contributed by atoms with Crippen LogP contribution in [-0.4, -0.2) is 50.8 Å². The second kappa shape index (κ2) is 9.74. The van der Waals surface area contributed by atoms with E-state index in [1.807, 2.05) is 16.4 Å². The first-order valence-corrected chi connectivity index (χ1v) is 12.0. The lowest BCUT2D eigenvalue weighted by atomic mass is 9.92. The van der Waals surface area contributed by atoms with Gasteiger partial charge in [-0.1, -0.05) is 25.2 Å². The van der Waals surface area contributed by atoms with E-state index < -0.39 is 4.92 Å². The molecule has 2 amide bonds. The van der Waals surface area contributed by atoms with Crippen molar-refractivity contribution in [3.8, 4) is 0 Å². The van der Waals surface area contributed by atoms with E-state index in [0.29, 0.717) is 27.9 Å². The highest BCUT2D eigenvalue weighted by molar-refractivity contribution is 8.00. The van der Waals surface area contributed by atoms with E-state index in [9.17, 15) is 19.7 Å². The summed E-state index contributed by atoms with van der Waals surface area (Å²) in [6, 6.07) is 4.64. The second-order valence-electron chi connectivity index (χ2n) is 7.78. The number of piperidine rings is 1. The number of hydrogen-bond acceptors (Lipinski definition) is 6. The standard InChI is InChI=1S/C20H26N4O4S2/c1-4-23-16-6-5-15(24(27)28)8-17(16)30-20(23)21-18(25)11-29-12-19(26)22-9-13(2)7-14(3)10-22/h5-6,8,13-14H,4,7,9-12H2,1-3H3. The summed E-state index contributed by atoms with van der Waals surface area (Å²) in [5, 5.41) is 11.0. The summed E-state index contributed by atoms with van der Waals surface area (Å²) in [5.41, 5.74) is 0.830. The summed E-state index contributed by atoms with van der Waals surface area (Å²) in [4.78, 5) is 42.0. The van der Waals surface area contributed by atoms with E-state index in [4.69, 9.17) is 0 Å². The Labute approximate surface area is 183 Å². The lowest BCUT2D eigenvalue weighted by Gasteiger charge is -2.35. The maximum absolute atomic E-state index is 12.4. The number of aryl methyl sites for hydroxylation is 1. The topological polar surface area (TPSA) is 97.8 Å². The van der Waals surface area contributed by atoms with Crippen LogP contribution in [0.1, 0.15) is 27.2 Å². The minimum Gasteiger partial charge on any atom is -0.341 e. The summed E-state index contributed by atoms with van der Waals surface area (Å²) < 4.78 is 2.59. The molecule has 0 radical (unpaired) electrons. The molecule has 10 heteroatoms. The van der Waals surface area contributed by atoms with Crippen LogP contribution < -0.4 is 4.80 Å². The van der Waals surface area contributed by atoms with Crippen LogP contribution in [0.15, 0.2) is 23.2 Å². The number of thioether (sulfide) groups is 1. The Morgan fingerprint density at radius 1 is 1.27 bits per heavy atom. The molecular weight excluding hydrogens is 424 g/mol. The molecule has 2 heterocycles. The van der Waals surface area contributed by atoms with Crippen molar-refractivity contribution in [1.82, 2.24) is 9.47 Å². The molecule has 8 nitrogen and oxygen atoms in total. The molecule has 3 rings (SSSR count). The molecule has 162 valence electrons. The molecule has 1 aliphatic heterocycles. The molecule has 0 saturated carbocycles. The zero-order valence-electron chi connectivity index (χ0n) is 17.4. The molecule has 1 aromatic heterocycles. The van der Waals surface area contributed by atoms with Gasteiger partial charge in [0.05, 0.1) is 26.6 Å². The number of amides is 2. The Hall–Kier alpha value is -2.20. The van der Waals surface area contributed by atoms with Crippen LogP contribution in [0.4, 0.5) is 5.69 Å². The van der Waals surface area contributed by atoms with Crippen molar-refractivity contribution in [2.75, 3.05) is 24.6 Å². The van der Waals surface area contributed by atoms with Gasteiger partial charge < -0.3 is 9.47 Å². The van der Waals surface area contributed by atoms with Crippen LogP contribution in [0.2, 0.25) is 0 Å². The number of carbonyl (C=O) groups is 2. The third-order valence-electron chi connectivity index (χ3n) is 5.09. The fourth-order valence-corrected chi connectivity index (χ4v) is 5.73. The van der Waals surface area contributed by atoms with E-state index >= 15 is 0 Å². The van der Waals surface area contributed by atoms with E-state index in [1.165, 1.54) is 35.2 Å². The quantitative estimate of drug-likeness (QED) is 0.497. The van der Waals surface area contributed by atoms with Crippen molar-refractivity contribution in [3.63, 3.8) is 0 Å². The Kier molecular flexibility index (Phi) is 7.30. The summed E-state index contributed by atoms with van der Waals surface area (Å²) in [7, 11) is 0. The van der Waals surface area contributed by atoms with Crippen LogP contribution in [0.5, 0.6) is 0 Å². The number of hydrogen-bond donors (Lipinski definition) is 0.